The van der Waals surface area contributed by atoms with Crippen LogP contribution in [0.2, 0.25) is 0 Å². The summed E-state index contributed by atoms with van der Waals surface area (Å²) < 4.78 is 6.67. The van der Waals surface area contributed by atoms with Crippen LogP contribution in [0.25, 0.3) is 78.0 Å². The molecule has 4 nitrogen and oxygen atoms in total. The third-order valence-corrected chi connectivity index (χ3v) is 12.5. The van der Waals surface area contributed by atoms with Gasteiger partial charge in [-0.15, -0.1) is 0 Å². The molecule has 0 amide bonds. The Morgan fingerprint density at radius 3 is 1.68 bits per heavy atom. The van der Waals surface area contributed by atoms with Crippen LogP contribution in [-0.2, 0) is 16.2 Å². The zero-order valence-corrected chi connectivity index (χ0v) is 39.0. The molecule has 0 bridgehead atoms. The predicted molar refractivity (Wildman–Crippen MR) is 262 cm³/mol. The van der Waals surface area contributed by atoms with Gasteiger partial charge in [-0.1, -0.05) is 157 Å². The van der Waals surface area contributed by atoms with Crippen LogP contribution < -0.4 is 0 Å². The summed E-state index contributed by atoms with van der Waals surface area (Å²) in [6.07, 6.45) is 1.97. The fraction of sp³-hybridized carbons (Fsp3) is 0.310. The van der Waals surface area contributed by atoms with E-state index in [-0.39, 0.29) is 22.0 Å². The van der Waals surface area contributed by atoms with Crippen molar-refractivity contribution in [2.75, 3.05) is 0 Å². The van der Waals surface area contributed by atoms with E-state index in [9.17, 15) is 5.11 Å². The maximum atomic E-state index is 11.2. The monoisotopic (exact) mass is 818 g/mol. The topological polar surface area (TPSA) is 59.2 Å². The summed E-state index contributed by atoms with van der Waals surface area (Å²) in [5.74, 6) is 1.24. The van der Waals surface area contributed by atoms with Crippen LogP contribution >= 0.6 is 0 Å². The third kappa shape index (κ3) is 8.08. The van der Waals surface area contributed by atoms with Crippen LogP contribution in [-0.4, -0.2) is 15.1 Å². The van der Waals surface area contributed by atoms with Crippen LogP contribution in [0.3, 0.4) is 0 Å². The number of pyridine rings is 1. The summed E-state index contributed by atoms with van der Waals surface area (Å²) in [4.78, 5) is 10.3. The number of hydrogen-bond acceptors (Lipinski definition) is 4. The summed E-state index contributed by atoms with van der Waals surface area (Å²) in [7, 11) is 0. The van der Waals surface area contributed by atoms with E-state index in [1.165, 1.54) is 38.8 Å². The molecule has 0 spiro atoms. The van der Waals surface area contributed by atoms with Crippen molar-refractivity contribution in [3.8, 4) is 61.7 Å². The van der Waals surface area contributed by atoms with Gasteiger partial charge in [0.25, 0.3) is 0 Å². The van der Waals surface area contributed by atoms with Gasteiger partial charge < -0.3 is 9.52 Å². The highest BCUT2D eigenvalue weighted by molar-refractivity contribution is 6.02. The van der Waals surface area contributed by atoms with Gasteiger partial charge in [-0.3, -0.25) is 4.98 Å². The molecule has 2 heterocycles. The number of phenols is 1. The molecule has 0 radical (unpaired) electrons. The van der Waals surface area contributed by atoms with Gasteiger partial charge in [-0.05, 0) is 138 Å². The van der Waals surface area contributed by atoms with E-state index in [1.54, 1.807) is 6.07 Å². The van der Waals surface area contributed by atoms with E-state index in [0.29, 0.717) is 28.9 Å². The van der Waals surface area contributed by atoms with Crippen molar-refractivity contribution in [1.82, 2.24) is 9.97 Å². The summed E-state index contributed by atoms with van der Waals surface area (Å²) in [6, 6.07) is 41.5. The number of hydrogen-bond donors (Lipinski definition) is 1. The van der Waals surface area contributed by atoms with Gasteiger partial charge in [0.2, 0.25) is 5.89 Å². The number of aromatic hydroxyl groups is 1. The van der Waals surface area contributed by atoms with E-state index in [0.717, 1.165) is 50.0 Å². The number of nitrogens with zero attached hydrogens (tertiary/aromatic N) is 2. The molecular formula is C58H62N2O2. The molecule has 8 rings (SSSR count). The highest BCUT2D eigenvalue weighted by atomic mass is 16.3. The number of fused-ring (bicyclic) bond motifs is 2. The van der Waals surface area contributed by atoms with Gasteiger partial charge in [-0.25, -0.2) is 4.98 Å². The maximum Gasteiger partial charge on any atom is 0.231 e. The Morgan fingerprint density at radius 1 is 0.500 bits per heavy atom. The van der Waals surface area contributed by atoms with Crippen LogP contribution in [0.1, 0.15) is 130 Å². The lowest BCUT2D eigenvalue weighted by molar-refractivity contribution is 0.473. The zero-order chi connectivity index (χ0) is 44.5. The number of phenolic OH excluding ortho intramolecular Hbond substituents is 1. The minimum Gasteiger partial charge on any atom is -0.507 e. The third-order valence-electron chi connectivity index (χ3n) is 12.5. The molecule has 8 aromatic rings. The number of rotatable bonds is 7. The average molecular weight is 819 g/mol. The van der Waals surface area contributed by atoms with Crippen molar-refractivity contribution in [3.05, 3.63) is 149 Å². The SMILES string of the molecule is CC(C)c1cccc(C(C)C)c1-c1cc(-c2cccc(-c3cc(-c4ccc(C(C)(C)C)cc4)cc4oc(-c5cc(C(C)(C)C)ccc5O)nc34)c2)c2nccc(C(C)(C)C)c2c1. The minimum atomic E-state index is -0.121. The first-order chi connectivity index (χ1) is 29.2. The molecule has 0 aliphatic carbocycles. The second-order valence-electron chi connectivity index (χ2n) is 20.9. The van der Waals surface area contributed by atoms with Crippen molar-refractivity contribution in [1.29, 1.82) is 0 Å². The predicted octanol–water partition coefficient (Wildman–Crippen LogP) is 16.6. The molecule has 1 N–H and O–H groups in total. The van der Waals surface area contributed by atoms with Crippen LogP contribution in [0.15, 0.2) is 126 Å². The van der Waals surface area contributed by atoms with E-state index in [4.69, 9.17) is 14.4 Å². The Labute approximate surface area is 369 Å². The van der Waals surface area contributed by atoms with E-state index in [1.807, 2.05) is 18.3 Å². The number of aromatic nitrogens is 2. The fourth-order valence-electron chi connectivity index (χ4n) is 8.88. The Balaban J connectivity index is 1.39. The Morgan fingerprint density at radius 2 is 1.08 bits per heavy atom. The first-order valence-electron chi connectivity index (χ1n) is 22.3. The standard InChI is InChI=1S/C58H62N2O2/c1-34(2)43-18-15-19-44(35(3)4)52(43)40-30-45(53-47(31-40)49(26-27-59-53)58(11,12)13)37-16-14-17-38(28-37)46-29-39(36-20-22-41(23-21-36)56(5,6)7)32-51-54(46)60-55(62-51)48-33-42(57(8,9)10)24-25-50(48)61/h14-35,61H,1-13H3. The van der Waals surface area contributed by atoms with Crippen molar-refractivity contribution in [3.63, 3.8) is 0 Å². The Hall–Kier alpha value is -6.00. The lowest BCUT2D eigenvalue weighted by Crippen LogP contribution is -2.12. The molecule has 0 atom stereocenters. The molecule has 0 saturated carbocycles. The summed E-state index contributed by atoms with van der Waals surface area (Å²) in [5, 5.41) is 12.4. The molecule has 4 heteroatoms. The van der Waals surface area contributed by atoms with E-state index < -0.39 is 0 Å². The van der Waals surface area contributed by atoms with Crippen molar-refractivity contribution < 1.29 is 9.52 Å². The lowest BCUT2D eigenvalue weighted by Gasteiger charge is -2.24. The molecule has 0 saturated heterocycles. The highest BCUT2D eigenvalue weighted by Gasteiger charge is 2.25. The van der Waals surface area contributed by atoms with Crippen LogP contribution in [0, 0.1) is 0 Å². The van der Waals surface area contributed by atoms with Crippen molar-refractivity contribution >= 4 is 22.0 Å². The number of benzene rings is 6. The van der Waals surface area contributed by atoms with Gasteiger partial charge in [-0.2, -0.15) is 0 Å². The molecule has 316 valence electrons. The quantitative estimate of drug-likeness (QED) is 0.174. The van der Waals surface area contributed by atoms with Gasteiger partial charge >= 0.3 is 0 Å². The first kappa shape index (κ1) is 42.7. The van der Waals surface area contributed by atoms with Gasteiger partial charge in [0, 0.05) is 22.7 Å². The summed E-state index contributed by atoms with van der Waals surface area (Å²) >= 11 is 0. The molecular weight excluding hydrogens is 757 g/mol. The highest BCUT2D eigenvalue weighted by Crippen LogP contribution is 2.45. The summed E-state index contributed by atoms with van der Waals surface area (Å²) in [6.45, 7) is 29.3. The molecule has 6 aromatic carbocycles. The molecule has 2 aromatic heterocycles. The average Bonchev–Trinajstić information content (AvgIpc) is 3.65. The normalized spacial score (nSPS) is 12.6. The largest absolute Gasteiger partial charge is 0.507 e. The summed E-state index contributed by atoms with van der Waals surface area (Å²) in [5.41, 5.74) is 17.9. The Kier molecular flexibility index (Phi) is 10.8. The van der Waals surface area contributed by atoms with Crippen LogP contribution in [0.4, 0.5) is 0 Å². The van der Waals surface area contributed by atoms with E-state index >= 15 is 0 Å². The molecule has 62 heavy (non-hydrogen) atoms. The smallest absolute Gasteiger partial charge is 0.231 e. The fourth-order valence-corrected chi connectivity index (χ4v) is 8.88. The van der Waals surface area contributed by atoms with Crippen molar-refractivity contribution in [2.45, 2.75) is 118 Å². The molecule has 0 fully saturated rings. The van der Waals surface area contributed by atoms with Gasteiger partial charge in [0.15, 0.2) is 5.58 Å². The second-order valence-corrected chi connectivity index (χ2v) is 20.9. The van der Waals surface area contributed by atoms with E-state index in [2.05, 4.69) is 187 Å². The number of oxazole rings is 1. The zero-order valence-electron chi connectivity index (χ0n) is 39.0. The first-order valence-corrected chi connectivity index (χ1v) is 22.3. The second kappa shape index (κ2) is 15.7. The molecule has 0 unspecified atom stereocenters. The van der Waals surface area contributed by atoms with Gasteiger partial charge in [0.05, 0.1) is 11.1 Å². The minimum absolute atomic E-state index is 0.0364. The van der Waals surface area contributed by atoms with Gasteiger partial charge in [0.1, 0.15) is 11.3 Å². The van der Waals surface area contributed by atoms with Crippen LogP contribution in [0.5, 0.6) is 5.75 Å². The maximum absolute atomic E-state index is 11.2. The molecule has 0 aliphatic heterocycles. The van der Waals surface area contributed by atoms with Crippen molar-refractivity contribution in [2.24, 2.45) is 0 Å². The molecule has 0 aliphatic rings. The lowest BCUT2D eigenvalue weighted by atomic mass is 9.80. The Bertz CT molecular complexity index is 2930.